The second kappa shape index (κ2) is 6.01. The van der Waals surface area contributed by atoms with Gasteiger partial charge in [-0.25, -0.2) is 0 Å². The van der Waals surface area contributed by atoms with Gasteiger partial charge in [0.05, 0.1) is 24.0 Å². The van der Waals surface area contributed by atoms with Crippen LogP contribution in [0.3, 0.4) is 0 Å². The Hall–Kier alpha value is -2.63. The first kappa shape index (κ1) is 13.8. The van der Waals surface area contributed by atoms with Crippen molar-refractivity contribution in [2.24, 2.45) is 0 Å². The third-order valence-electron chi connectivity index (χ3n) is 2.82. The SMILES string of the molecule is CCn1cccc1C(=O)Nc1ccc(CC(=O)O)nc1. The van der Waals surface area contributed by atoms with E-state index in [1.54, 1.807) is 18.2 Å². The number of hydrogen-bond donors (Lipinski definition) is 2. The maximum Gasteiger partial charge on any atom is 0.309 e. The van der Waals surface area contributed by atoms with Gasteiger partial charge in [-0.15, -0.1) is 0 Å². The lowest BCUT2D eigenvalue weighted by atomic mass is 10.2. The van der Waals surface area contributed by atoms with E-state index in [1.165, 1.54) is 6.20 Å². The molecule has 0 aliphatic heterocycles. The first-order valence-electron chi connectivity index (χ1n) is 6.23. The summed E-state index contributed by atoms with van der Waals surface area (Å²) < 4.78 is 1.83. The number of nitrogens with one attached hydrogen (secondary N) is 1. The van der Waals surface area contributed by atoms with Crippen molar-refractivity contribution >= 4 is 17.6 Å². The summed E-state index contributed by atoms with van der Waals surface area (Å²) in [4.78, 5) is 26.6. The van der Waals surface area contributed by atoms with Crippen molar-refractivity contribution in [3.05, 3.63) is 48.0 Å². The molecule has 2 aromatic rings. The summed E-state index contributed by atoms with van der Waals surface area (Å²) in [5, 5.41) is 11.4. The van der Waals surface area contributed by atoms with Crippen LogP contribution in [-0.2, 0) is 17.8 Å². The number of aromatic nitrogens is 2. The Kier molecular flexibility index (Phi) is 4.14. The van der Waals surface area contributed by atoms with Crippen molar-refractivity contribution in [1.82, 2.24) is 9.55 Å². The highest BCUT2D eigenvalue weighted by Gasteiger charge is 2.10. The third-order valence-corrected chi connectivity index (χ3v) is 2.82. The van der Waals surface area contributed by atoms with Gasteiger partial charge >= 0.3 is 5.97 Å². The number of amides is 1. The molecule has 2 aromatic heterocycles. The van der Waals surface area contributed by atoms with Crippen LogP contribution in [-0.4, -0.2) is 26.5 Å². The predicted molar refractivity (Wildman–Crippen MR) is 73.6 cm³/mol. The molecule has 0 bridgehead atoms. The first-order valence-corrected chi connectivity index (χ1v) is 6.23. The molecule has 2 heterocycles. The first-order chi connectivity index (χ1) is 9.60. The molecule has 6 heteroatoms. The Morgan fingerprint density at radius 2 is 2.15 bits per heavy atom. The number of nitrogens with zero attached hydrogens (tertiary/aromatic N) is 2. The number of aliphatic carboxylic acids is 1. The van der Waals surface area contributed by atoms with Gasteiger partial charge in [-0.2, -0.15) is 0 Å². The molecular formula is C14H15N3O3. The minimum absolute atomic E-state index is 0.132. The fourth-order valence-electron chi connectivity index (χ4n) is 1.85. The minimum atomic E-state index is -0.935. The van der Waals surface area contributed by atoms with Crippen LogP contribution in [0.2, 0.25) is 0 Å². The van der Waals surface area contributed by atoms with E-state index in [9.17, 15) is 9.59 Å². The van der Waals surface area contributed by atoms with E-state index in [2.05, 4.69) is 10.3 Å². The number of carboxylic acid groups (broad SMARTS) is 1. The van der Waals surface area contributed by atoms with E-state index in [1.807, 2.05) is 23.8 Å². The van der Waals surface area contributed by atoms with Crippen LogP contribution in [0.25, 0.3) is 0 Å². The van der Waals surface area contributed by atoms with Gasteiger partial charge in [0.1, 0.15) is 5.69 Å². The van der Waals surface area contributed by atoms with Crippen molar-refractivity contribution < 1.29 is 14.7 Å². The van der Waals surface area contributed by atoms with E-state index in [-0.39, 0.29) is 12.3 Å². The molecule has 2 N–H and O–H groups in total. The fourth-order valence-corrected chi connectivity index (χ4v) is 1.85. The largest absolute Gasteiger partial charge is 0.481 e. The molecule has 0 aliphatic rings. The average molecular weight is 273 g/mol. The topological polar surface area (TPSA) is 84.2 Å². The Morgan fingerprint density at radius 1 is 1.35 bits per heavy atom. The van der Waals surface area contributed by atoms with Gasteiger partial charge < -0.3 is 15.0 Å². The second-order valence-electron chi connectivity index (χ2n) is 4.24. The number of aryl methyl sites for hydroxylation is 1. The van der Waals surface area contributed by atoms with Crippen LogP contribution in [0, 0.1) is 0 Å². The number of rotatable bonds is 5. The highest BCUT2D eigenvalue weighted by molar-refractivity contribution is 6.03. The lowest BCUT2D eigenvalue weighted by Crippen LogP contribution is -2.16. The number of carbonyl (C=O) groups excluding carboxylic acids is 1. The van der Waals surface area contributed by atoms with Crippen LogP contribution in [0.15, 0.2) is 36.7 Å². The number of carboxylic acids is 1. The fraction of sp³-hybridized carbons (Fsp3) is 0.214. The van der Waals surface area contributed by atoms with Crippen molar-refractivity contribution in [3.8, 4) is 0 Å². The third kappa shape index (κ3) is 3.23. The van der Waals surface area contributed by atoms with Crippen LogP contribution < -0.4 is 5.32 Å². The minimum Gasteiger partial charge on any atom is -0.481 e. The van der Waals surface area contributed by atoms with Crippen LogP contribution in [0.5, 0.6) is 0 Å². The van der Waals surface area contributed by atoms with Crippen molar-refractivity contribution in [2.75, 3.05) is 5.32 Å². The number of hydrogen-bond acceptors (Lipinski definition) is 3. The number of anilines is 1. The molecule has 0 fully saturated rings. The zero-order valence-corrected chi connectivity index (χ0v) is 11.0. The quantitative estimate of drug-likeness (QED) is 0.869. The van der Waals surface area contributed by atoms with Crippen LogP contribution >= 0.6 is 0 Å². The standard InChI is InChI=1S/C14H15N3O3/c1-2-17-7-3-4-12(17)14(20)16-11-6-5-10(15-9-11)8-13(18)19/h3-7,9H,2,8H2,1H3,(H,16,20)(H,18,19). The molecule has 2 rings (SSSR count). The maximum absolute atomic E-state index is 12.1. The Bertz CT molecular complexity index is 617. The summed E-state index contributed by atoms with van der Waals surface area (Å²) in [7, 11) is 0. The van der Waals surface area contributed by atoms with Gasteiger partial charge in [-0.3, -0.25) is 14.6 Å². The van der Waals surface area contributed by atoms with Crippen LogP contribution in [0.1, 0.15) is 23.1 Å². The molecule has 0 saturated carbocycles. The molecule has 0 aliphatic carbocycles. The average Bonchev–Trinajstić information content (AvgIpc) is 2.89. The monoisotopic (exact) mass is 273 g/mol. The summed E-state index contributed by atoms with van der Waals surface area (Å²) in [6, 6.07) is 6.78. The zero-order chi connectivity index (χ0) is 14.5. The summed E-state index contributed by atoms with van der Waals surface area (Å²) in [6.45, 7) is 2.67. The molecule has 104 valence electrons. The van der Waals surface area contributed by atoms with Crippen LogP contribution in [0.4, 0.5) is 5.69 Å². The lowest BCUT2D eigenvalue weighted by molar-refractivity contribution is -0.136. The van der Waals surface area contributed by atoms with Crippen molar-refractivity contribution in [3.63, 3.8) is 0 Å². The number of carbonyl (C=O) groups is 2. The molecule has 0 aromatic carbocycles. The molecule has 0 atom stereocenters. The molecule has 20 heavy (non-hydrogen) atoms. The molecule has 6 nitrogen and oxygen atoms in total. The van der Waals surface area contributed by atoms with Gasteiger partial charge in [-0.1, -0.05) is 0 Å². The predicted octanol–water partition coefficient (Wildman–Crippen LogP) is 1.78. The van der Waals surface area contributed by atoms with Crippen molar-refractivity contribution in [1.29, 1.82) is 0 Å². The molecule has 0 radical (unpaired) electrons. The van der Waals surface area contributed by atoms with E-state index < -0.39 is 5.97 Å². The Morgan fingerprint density at radius 3 is 2.75 bits per heavy atom. The van der Waals surface area contributed by atoms with Gasteiger partial charge in [0.2, 0.25) is 0 Å². The van der Waals surface area contributed by atoms with Gasteiger partial charge in [-0.05, 0) is 31.2 Å². The molecule has 0 spiro atoms. The highest BCUT2D eigenvalue weighted by Crippen LogP contribution is 2.10. The second-order valence-corrected chi connectivity index (χ2v) is 4.24. The summed E-state index contributed by atoms with van der Waals surface area (Å²) in [5.41, 5.74) is 1.56. The maximum atomic E-state index is 12.1. The van der Waals surface area contributed by atoms with E-state index in [4.69, 9.17) is 5.11 Å². The number of pyridine rings is 1. The normalized spacial score (nSPS) is 10.2. The molecule has 1 amide bonds. The Labute approximate surface area is 116 Å². The smallest absolute Gasteiger partial charge is 0.309 e. The molecule has 0 unspecified atom stereocenters. The Balaban J connectivity index is 2.06. The summed E-state index contributed by atoms with van der Waals surface area (Å²) in [5.74, 6) is -1.15. The zero-order valence-electron chi connectivity index (χ0n) is 11.0. The highest BCUT2D eigenvalue weighted by atomic mass is 16.4. The lowest BCUT2D eigenvalue weighted by Gasteiger charge is -2.08. The van der Waals surface area contributed by atoms with Gasteiger partial charge in [0.25, 0.3) is 5.91 Å². The van der Waals surface area contributed by atoms with E-state index >= 15 is 0 Å². The summed E-state index contributed by atoms with van der Waals surface area (Å²) in [6.07, 6.45) is 3.16. The van der Waals surface area contributed by atoms with Crippen molar-refractivity contribution in [2.45, 2.75) is 19.9 Å². The molecular weight excluding hydrogens is 258 g/mol. The van der Waals surface area contributed by atoms with Gasteiger partial charge in [0, 0.05) is 12.7 Å². The van der Waals surface area contributed by atoms with Gasteiger partial charge in [0.15, 0.2) is 0 Å². The molecule has 0 saturated heterocycles. The summed E-state index contributed by atoms with van der Waals surface area (Å²) >= 11 is 0. The van der Waals surface area contributed by atoms with E-state index in [0.29, 0.717) is 23.6 Å². The van der Waals surface area contributed by atoms with E-state index in [0.717, 1.165) is 0 Å².